The van der Waals surface area contributed by atoms with Crippen molar-refractivity contribution in [1.29, 1.82) is 0 Å². The molecule has 2 nitrogen and oxygen atoms in total. The maximum atomic E-state index is 11.5. The number of hydrogen-bond acceptors (Lipinski definition) is 2. The van der Waals surface area contributed by atoms with Crippen LogP contribution in [-0.4, -0.2) is 12.6 Å². The lowest BCUT2D eigenvalue weighted by Crippen LogP contribution is -2.04. The molecule has 0 heterocycles. The van der Waals surface area contributed by atoms with E-state index in [1.54, 1.807) is 0 Å². The molecule has 0 N–H and O–H groups in total. The van der Waals surface area contributed by atoms with Gasteiger partial charge in [-0.1, -0.05) is 43.5 Å². The average Bonchev–Trinajstić information content (AvgIpc) is 2.47. The Bertz CT molecular complexity index is 425. The Morgan fingerprint density at radius 2 is 1.89 bits per heavy atom. The van der Waals surface area contributed by atoms with E-state index in [9.17, 15) is 4.79 Å². The number of esters is 1. The average molecular weight is 258 g/mol. The van der Waals surface area contributed by atoms with Crippen molar-refractivity contribution in [3.05, 3.63) is 41.5 Å². The minimum Gasteiger partial charge on any atom is -0.462 e. The second-order valence-electron chi connectivity index (χ2n) is 5.10. The third kappa shape index (κ3) is 4.23. The molecule has 2 rings (SSSR count). The van der Waals surface area contributed by atoms with Gasteiger partial charge in [0, 0.05) is 0 Å². The zero-order valence-corrected chi connectivity index (χ0v) is 11.6. The molecular weight excluding hydrogens is 236 g/mol. The van der Waals surface area contributed by atoms with E-state index in [2.05, 4.69) is 12.2 Å². The highest BCUT2D eigenvalue weighted by atomic mass is 16.5. The molecule has 0 spiro atoms. The van der Waals surface area contributed by atoms with E-state index in [1.165, 1.54) is 32.1 Å². The first-order valence-corrected chi connectivity index (χ1v) is 7.25. The van der Waals surface area contributed by atoms with Crippen LogP contribution < -0.4 is 0 Å². The Hall–Kier alpha value is -1.57. The molecule has 19 heavy (non-hydrogen) atoms. The summed E-state index contributed by atoms with van der Waals surface area (Å²) >= 11 is 0. The van der Waals surface area contributed by atoms with Crippen molar-refractivity contribution < 1.29 is 9.53 Å². The minimum atomic E-state index is -0.245. The van der Waals surface area contributed by atoms with Crippen LogP contribution in [0.5, 0.6) is 0 Å². The van der Waals surface area contributed by atoms with Gasteiger partial charge < -0.3 is 4.74 Å². The Balaban J connectivity index is 1.94. The Kier molecular flexibility index (Phi) is 5.20. The SMILES string of the molecule is CCOC(=O)c1ccc(/C=C\C2CCCCC2)cc1. The van der Waals surface area contributed by atoms with Crippen LogP contribution in [-0.2, 0) is 4.74 Å². The lowest BCUT2D eigenvalue weighted by molar-refractivity contribution is 0.0526. The zero-order valence-electron chi connectivity index (χ0n) is 11.6. The fraction of sp³-hybridized carbons (Fsp3) is 0.471. The molecule has 0 unspecified atom stereocenters. The molecule has 0 atom stereocenters. The molecule has 0 aromatic heterocycles. The lowest BCUT2D eigenvalue weighted by Gasteiger charge is -2.17. The molecule has 1 aliphatic carbocycles. The zero-order chi connectivity index (χ0) is 13.5. The van der Waals surface area contributed by atoms with Crippen molar-refractivity contribution in [2.45, 2.75) is 39.0 Å². The summed E-state index contributed by atoms with van der Waals surface area (Å²) in [5, 5.41) is 0. The molecule has 0 aliphatic heterocycles. The van der Waals surface area contributed by atoms with E-state index in [0.29, 0.717) is 12.2 Å². The number of carbonyl (C=O) groups is 1. The van der Waals surface area contributed by atoms with Gasteiger partial charge in [0.1, 0.15) is 0 Å². The number of allylic oxidation sites excluding steroid dienone is 1. The third-order valence-corrected chi connectivity index (χ3v) is 3.63. The molecule has 1 aromatic carbocycles. The number of ether oxygens (including phenoxy) is 1. The molecular formula is C17H22O2. The predicted molar refractivity (Wildman–Crippen MR) is 78.0 cm³/mol. The van der Waals surface area contributed by atoms with Gasteiger partial charge in [-0.2, -0.15) is 0 Å². The van der Waals surface area contributed by atoms with Gasteiger partial charge >= 0.3 is 5.97 Å². The van der Waals surface area contributed by atoms with Gasteiger partial charge in [0.2, 0.25) is 0 Å². The normalized spacial score (nSPS) is 16.7. The number of rotatable bonds is 4. The molecule has 1 fully saturated rings. The molecule has 1 aromatic rings. The van der Waals surface area contributed by atoms with E-state index in [-0.39, 0.29) is 5.97 Å². The van der Waals surface area contributed by atoms with Crippen LogP contribution in [0, 0.1) is 5.92 Å². The van der Waals surface area contributed by atoms with E-state index < -0.39 is 0 Å². The molecule has 102 valence electrons. The summed E-state index contributed by atoms with van der Waals surface area (Å²) in [5.74, 6) is 0.490. The second-order valence-corrected chi connectivity index (χ2v) is 5.10. The van der Waals surface area contributed by atoms with Crippen LogP contribution in [0.2, 0.25) is 0 Å². The number of benzene rings is 1. The fourth-order valence-corrected chi connectivity index (χ4v) is 2.52. The highest BCUT2D eigenvalue weighted by Gasteiger charge is 2.09. The van der Waals surface area contributed by atoms with Gasteiger partial charge in [-0.15, -0.1) is 0 Å². The van der Waals surface area contributed by atoms with Gasteiger partial charge in [0.05, 0.1) is 12.2 Å². The minimum absolute atomic E-state index is 0.245. The van der Waals surface area contributed by atoms with Crippen LogP contribution >= 0.6 is 0 Å². The van der Waals surface area contributed by atoms with Crippen LogP contribution in [0.15, 0.2) is 30.3 Å². The topological polar surface area (TPSA) is 26.3 Å². The summed E-state index contributed by atoms with van der Waals surface area (Å²) in [6.45, 7) is 2.24. The Labute approximate surface area is 115 Å². The summed E-state index contributed by atoms with van der Waals surface area (Å²) in [6, 6.07) is 7.62. The predicted octanol–water partition coefficient (Wildman–Crippen LogP) is 4.46. The van der Waals surface area contributed by atoms with Crippen molar-refractivity contribution >= 4 is 12.0 Å². The maximum Gasteiger partial charge on any atom is 0.338 e. The standard InChI is InChI=1S/C17H22O2/c1-2-19-17(18)16-12-10-15(11-13-16)9-8-14-6-4-3-5-7-14/h8-14H,2-7H2,1H3/b9-8-. The van der Waals surface area contributed by atoms with Gasteiger partial charge in [-0.05, 0) is 43.4 Å². The summed E-state index contributed by atoms with van der Waals surface area (Å²) in [4.78, 5) is 11.5. The first-order valence-electron chi connectivity index (χ1n) is 7.25. The van der Waals surface area contributed by atoms with E-state index >= 15 is 0 Å². The van der Waals surface area contributed by atoms with Crippen molar-refractivity contribution in [3.63, 3.8) is 0 Å². The molecule has 2 heteroatoms. The highest BCUT2D eigenvalue weighted by molar-refractivity contribution is 5.89. The van der Waals surface area contributed by atoms with Gasteiger partial charge in [0.15, 0.2) is 0 Å². The fourth-order valence-electron chi connectivity index (χ4n) is 2.52. The van der Waals surface area contributed by atoms with Gasteiger partial charge in [0.25, 0.3) is 0 Å². The van der Waals surface area contributed by atoms with Crippen molar-refractivity contribution in [3.8, 4) is 0 Å². The first-order chi connectivity index (χ1) is 9.29. The van der Waals surface area contributed by atoms with Crippen LogP contribution in [0.3, 0.4) is 0 Å². The van der Waals surface area contributed by atoms with Crippen LogP contribution in [0.4, 0.5) is 0 Å². The molecule has 1 aliphatic rings. The van der Waals surface area contributed by atoms with E-state index in [1.807, 2.05) is 31.2 Å². The summed E-state index contributed by atoms with van der Waals surface area (Å²) in [7, 11) is 0. The van der Waals surface area contributed by atoms with E-state index in [4.69, 9.17) is 4.74 Å². The van der Waals surface area contributed by atoms with Crippen molar-refractivity contribution in [2.24, 2.45) is 5.92 Å². The summed E-state index contributed by atoms with van der Waals surface area (Å²) < 4.78 is 4.97. The highest BCUT2D eigenvalue weighted by Crippen LogP contribution is 2.25. The largest absolute Gasteiger partial charge is 0.462 e. The molecule has 0 amide bonds. The van der Waals surface area contributed by atoms with Crippen LogP contribution in [0.25, 0.3) is 6.08 Å². The van der Waals surface area contributed by atoms with E-state index in [0.717, 1.165) is 11.5 Å². The maximum absolute atomic E-state index is 11.5. The third-order valence-electron chi connectivity index (χ3n) is 3.63. The van der Waals surface area contributed by atoms with Gasteiger partial charge in [-0.3, -0.25) is 0 Å². The van der Waals surface area contributed by atoms with Crippen molar-refractivity contribution in [1.82, 2.24) is 0 Å². The smallest absolute Gasteiger partial charge is 0.338 e. The van der Waals surface area contributed by atoms with Gasteiger partial charge in [-0.25, -0.2) is 4.79 Å². The van der Waals surface area contributed by atoms with Crippen LogP contribution in [0.1, 0.15) is 54.9 Å². The second kappa shape index (κ2) is 7.13. The molecule has 0 saturated heterocycles. The van der Waals surface area contributed by atoms with Crippen molar-refractivity contribution in [2.75, 3.05) is 6.61 Å². The first kappa shape index (κ1) is 13.9. The number of hydrogen-bond donors (Lipinski definition) is 0. The Morgan fingerprint density at radius 3 is 2.53 bits per heavy atom. The summed E-state index contributed by atoms with van der Waals surface area (Å²) in [6.07, 6.45) is 11.2. The molecule has 1 saturated carbocycles. The molecule has 0 radical (unpaired) electrons. The summed E-state index contributed by atoms with van der Waals surface area (Å²) in [5.41, 5.74) is 1.77. The Morgan fingerprint density at radius 1 is 1.21 bits per heavy atom. The monoisotopic (exact) mass is 258 g/mol. The quantitative estimate of drug-likeness (QED) is 0.745. The number of carbonyl (C=O) groups excluding carboxylic acids is 1. The molecule has 0 bridgehead atoms. The lowest BCUT2D eigenvalue weighted by atomic mass is 9.89.